The Morgan fingerprint density at radius 3 is 2.48 bits per heavy atom. The van der Waals surface area contributed by atoms with Crippen LogP contribution in [0.2, 0.25) is 10.0 Å². The summed E-state index contributed by atoms with van der Waals surface area (Å²) in [5, 5.41) is 4.13. The maximum absolute atomic E-state index is 12.2. The molecular formula is C21H24Cl2N2O2. The van der Waals surface area contributed by atoms with Crippen LogP contribution in [0.4, 0.5) is 11.4 Å². The second-order valence-corrected chi connectivity index (χ2v) is 7.60. The molecule has 4 nitrogen and oxygen atoms in total. The molecule has 2 aromatic carbocycles. The molecule has 2 aromatic rings. The van der Waals surface area contributed by atoms with Crippen molar-refractivity contribution in [2.24, 2.45) is 0 Å². The third-order valence-electron chi connectivity index (χ3n) is 4.93. The van der Waals surface area contributed by atoms with Gasteiger partial charge >= 0.3 is 0 Å². The molecule has 3 rings (SSSR count). The molecule has 1 amide bonds. The predicted octanol–water partition coefficient (Wildman–Crippen LogP) is 5.18. The number of halogens is 2. The van der Waals surface area contributed by atoms with Crippen LogP contribution < -0.4 is 10.2 Å². The standard InChI is InChI=1S/C21H24Cl2N2O2/c1-27-19-10-12-25(13-11-19)18-7-5-17(6-8-18)24-21(26)9-3-15-2-4-16(22)14-20(15)23/h2,4-8,14,19H,3,9-13H2,1H3,(H,24,26). The van der Waals surface area contributed by atoms with E-state index in [4.69, 9.17) is 27.9 Å². The Bertz CT molecular complexity index is 772. The van der Waals surface area contributed by atoms with Gasteiger partial charge in [0.2, 0.25) is 5.91 Å². The molecule has 0 spiro atoms. The smallest absolute Gasteiger partial charge is 0.224 e. The number of nitrogens with zero attached hydrogens (tertiary/aromatic N) is 1. The molecule has 0 radical (unpaired) electrons. The van der Waals surface area contributed by atoms with E-state index < -0.39 is 0 Å². The van der Waals surface area contributed by atoms with Crippen molar-refractivity contribution < 1.29 is 9.53 Å². The largest absolute Gasteiger partial charge is 0.381 e. The highest BCUT2D eigenvalue weighted by atomic mass is 35.5. The van der Waals surface area contributed by atoms with E-state index >= 15 is 0 Å². The monoisotopic (exact) mass is 406 g/mol. The minimum absolute atomic E-state index is 0.0327. The molecular weight excluding hydrogens is 383 g/mol. The van der Waals surface area contributed by atoms with Crippen LogP contribution in [-0.2, 0) is 16.0 Å². The van der Waals surface area contributed by atoms with Crippen LogP contribution in [0.3, 0.4) is 0 Å². The topological polar surface area (TPSA) is 41.6 Å². The minimum Gasteiger partial charge on any atom is -0.381 e. The number of anilines is 2. The second-order valence-electron chi connectivity index (χ2n) is 6.75. The van der Waals surface area contributed by atoms with E-state index in [2.05, 4.69) is 22.3 Å². The number of nitrogens with one attached hydrogen (secondary N) is 1. The molecule has 0 atom stereocenters. The Hall–Kier alpha value is -1.75. The molecule has 144 valence electrons. The summed E-state index contributed by atoms with van der Waals surface area (Å²) in [7, 11) is 1.78. The van der Waals surface area contributed by atoms with E-state index in [1.54, 1.807) is 19.2 Å². The van der Waals surface area contributed by atoms with Crippen molar-refractivity contribution in [2.75, 3.05) is 30.4 Å². The van der Waals surface area contributed by atoms with E-state index in [0.717, 1.165) is 37.2 Å². The summed E-state index contributed by atoms with van der Waals surface area (Å²) in [6, 6.07) is 13.4. The van der Waals surface area contributed by atoms with Gasteiger partial charge in [-0.1, -0.05) is 29.3 Å². The summed E-state index contributed by atoms with van der Waals surface area (Å²) in [6.45, 7) is 1.98. The fraction of sp³-hybridized carbons (Fsp3) is 0.381. The van der Waals surface area contributed by atoms with Crippen molar-refractivity contribution >= 4 is 40.5 Å². The van der Waals surface area contributed by atoms with Gasteiger partial charge in [-0.2, -0.15) is 0 Å². The van der Waals surface area contributed by atoms with E-state index in [-0.39, 0.29) is 5.91 Å². The molecule has 0 bridgehead atoms. The number of hydrogen-bond donors (Lipinski definition) is 1. The fourth-order valence-corrected chi connectivity index (χ4v) is 3.80. The summed E-state index contributed by atoms with van der Waals surface area (Å²) in [4.78, 5) is 14.6. The number of methoxy groups -OCH3 is 1. The number of piperidine rings is 1. The van der Waals surface area contributed by atoms with Crippen LogP contribution >= 0.6 is 23.2 Å². The van der Waals surface area contributed by atoms with Gasteiger partial charge in [-0.25, -0.2) is 0 Å². The van der Waals surface area contributed by atoms with Crippen LogP contribution in [0.1, 0.15) is 24.8 Å². The number of benzene rings is 2. The van der Waals surface area contributed by atoms with E-state index in [1.165, 1.54) is 5.69 Å². The van der Waals surface area contributed by atoms with Crippen LogP contribution in [0.5, 0.6) is 0 Å². The zero-order chi connectivity index (χ0) is 19.2. The van der Waals surface area contributed by atoms with Crippen molar-refractivity contribution in [2.45, 2.75) is 31.8 Å². The van der Waals surface area contributed by atoms with Crippen molar-refractivity contribution in [3.8, 4) is 0 Å². The molecule has 1 heterocycles. The maximum atomic E-state index is 12.2. The molecule has 1 N–H and O–H groups in total. The summed E-state index contributed by atoms with van der Waals surface area (Å²) >= 11 is 12.1. The molecule has 0 aromatic heterocycles. The summed E-state index contributed by atoms with van der Waals surface area (Å²) in [6.07, 6.45) is 3.40. The average molecular weight is 407 g/mol. The van der Waals surface area contributed by atoms with Crippen LogP contribution in [0, 0.1) is 0 Å². The van der Waals surface area contributed by atoms with Gasteiger partial charge in [-0.15, -0.1) is 0 Å². The lowest BCUT2D eigenvalue weighted by Crippen LogP contribution is -2.36. The van der Waals surface area contributed by atoms with Gasteiger partial charge in [0.15, 0.2) is 0 Å². The lowest BCUT2D eigenvalue weighted by Gasteiger charge is -2.33. The van der Waals surface area contributed by atoms with Gasteiger partial charge in [0, 0.05) is 48.0 Å². The van der Waals surface area contributed by atoms with Gasteiger partial charge < -0.3 is 15.0 Å². The molecule has 0 aliphatic carbocycles. The first-order valence-electron chi connectivity index (χ1n) is 9.17. The molecule has 0 saturated carbocycles. The number of amides is 1. The van der Waals surface area contributed by atoms with Gasteiger partial charge in [0.1, 0.15) is 0 Å². The van der Waals surface area contributed by atoms with Gasteiger partial charge in [0.25, 0.3) is 0 Å². The Labute approximate surface area is 170 Å². The number of ether oxygens (including phenoxy) is 1. The van der Waals surface area contributed by atoms with Crippen LogP contribution in [0.15, 0.2) is 42.5 Å². The van der Waals surface area contributed by atoms with Gasteiger partial charge in [-0.05, 0) is 61.2 Å². The van der Waals surface area contributed by atoms with Crippen LogP contribution in [0.25, 0.3) is 0 Å². The predicted molar refractivity (Wildman–Crippen MR) is 112 cm³/mol. The minimum atomic E-state index is -0.0327. The Morgan fingerprint density at radius 1 is 1.15 bits per heavy atom. The Balaban J connectivity index is 1.50. The Morgan fingerprint density at radius 2 is 1.85 bits per heavy atom. The third kappa shape index (κ3) is 5.61. The van der Waals surface area contributed by atoms with Gasteiger partial charge in [0.05, 0.1) is 6.10 Å². The van der Waals surface area contributed by atoms with Crippen molar-refractivity contribution in [1.82, 2.24) is 0 Å². The van der Waals surface area contributed by atoms with E-state index in [9.17, 15) is 4.79 Å². The molecule has 1 fully saturated rings. The normalized spacial score (nSPS) is 15.0. The SMILES string of the molecule is COC1CCN(c2ccc(NC(=O)CCc3ccc(Cl)cc3Cl)cc2)CC1. The highest BCUT2D eigenvalue weighted by Crippen LogP contribution is 2.24. The van der Waals surface area contributed by atoms with E-state index in [0.29, 0.717) is 29.0 Å². The summed E-state index contributed by atoms with van der Waals surface area (Å²) in [5.74, 6) is -0.0327. The Kier molecular flexibility index (Phi) is 7.00. The molecule has 1 aliphatic heterocycles. The first kappa shape index (κ1) is 20.0. The second kappa shape index (κ2) is 9.45. The average Bonchev–Trinajstić information content (AvgIpc) is 2.68. The zero-order valence-electron chi connectivity index (χ0n) is 15.4. The van der Waals surface area contributed by atoms with Crippen molar-refractivity contribution in [3.63, 3.8) is 0 Å². The first-order valence-corrected chi connectivity index (χ1v) is 9.92. The number of hydrogen-bond acceptors (Lipinski definition) is 3. The summed E-state index contributed by atoms with van der Waals surface area (Å²) in [5.41, 5.74) is 2.90. The van der Waals surface area contributed by atoms with Crippen molar-refractivity contribution in [1.29, 1.82) is 0 Å². The molecule has 27 heavy (non-hydrogen) atoms. The van der Waals surface area contributed by atoms with Crippen molar-refractivity contribution in [3.05, 3.63) is 58.1 Å². The molecule has 1 saturated heterocycles. The zero-order valence-corrected chi connectivity index (χ0v) is 16.9. The summed E-state index contributed by atoms with van der Waals surface area (Å²) < 4.78 is 5.42. The third-order valence-corrected chi connectivity index (χ3v) is 5.51. The highest BCUT2D eigenvalue weighted by Gasteiger charge is 2.18. The molecule has 6 heteroatoms. The van der Waals surface area contributed by atoms with E-state index in [1.807, 2.05) is 18.2 Å². The quantitative estimate of drug-likeness (QED) is 0.718. The fourth-order valence-electron chi connectivity index (χ4n) is 3.30. The number of carbonyl (C=O) groups excluding carboxylic acids is 1. The molecule has 0 unspecified atom stereocenters. The van der Waals surface area contributed by atoms with Gasteiger partial charge in [-0.3, -0.25) is 4.79 Å². The number of carbonyl (C=O) groups is 1. The highest BCUT2D eigenvalue weighted by molar-refractivity contribution is 6.35. The number of rotatable bonds is 6. The number of aryl methyl sites for hydroxylation is 1. The lowest BCUT2D eigenvalue weighted by atomic mass is 10.1. The first-order chi connectivity index (χ1) is 13.0. The van der Waals surface area contributed by atoms with Crippen LogP contribution in [-0.4, -0.2) is 32.2 Å². The maximum Gasteiger partial charge on any atom is 0.224 e. The lowest BCUT2D eigenvalue weighted by molar-refractivity contribution is -0.116. The molecule has 1 aliphatic rings.